The van der Waals surface area contributed by atoms with Gasteiger partial charge in [0.1, 0.15) is 0 Å². The maximum Gasteiger partial charge on any atom is 0.0483 e. The first-order valence-corrected chi connectivity index (χ1v) is 8.26. The number of nitrogens with zero attached hydrogens (tertiary/aromatic N) is 1. The Bertz CT molecular complexity index is 572. The summed E-state index contributed by atoms with van der Waals surface area (Å²) in [6.07, 6.45) is 7.26. The van der Waals surface area contributed by atoms with Gasteiger partial charge in [-0.05, 0) is 50.8 Å². The number of rotatable bonds is 9. The molecular formula is C18H26N2O. The molecule has 1 aromatic carbocycles. The van der Waals surface area contributed by atoms with E-state index < -0.39 is 0 Å². The predicted molar refractivity (Wildman–Crippen MR) is 87.8 cm³/mol. The van der Waals surface area contributed by atoms with Crippen molar-refractivity contribution < 1.29 is 4.74 Å². The summed E-state index contributed by atoms with van der Waals surface area (Å²) in [4.78, 5) is 0. The molecule has 1 N–H and O–H groups in total. The number of aromatic nitrogens is 1. The summed E-state index contributed by atoms with van der Waals surface area (Å²) in [5.41, 5.74) is 2.82. The molecule has 21 heavy (non-hydrogen) atoms. The first kappa shape index (κ1) is 14.6. The number of nitrogens with one attached hydrogen (secondary N) is 1. The van der Waals surface area contributed by atoms with Crippen LogP contribution in [0.15, 0.2) is 30.5 Å². The number of benzene rings is 1. The molecule has 2 aromatic rings. The molecule has 1 aromatic heterocycles. The lowest BCUT2D eigenvalue weighted by atomic mass is 10.1. The lowest BCUT2D eigenvalue weighted by molar-refractivity contribution is 0.142. The van der Waals surface area contributed by atoms with Gasteiger partial charge in [0, 0.05) is 42.9 Å². The van der Waals surface area contributed by atoms with Gasteiger partial charge < -0.3 is 14.6 Å². The molecule has 1 aliphatic rings. The average molecular weight is 286 g/mol. The number of hydrogen-bond acceptors (Lipinski definition) is 2. The molecule has 0 amide bonds. The fourth-order valence-corrected chi connectivity index (χ4v) is 2.89. The fraction of sp³-hybridized carbons (Fsp3) is 0.556. The van der Waals surface area contributed by atoms with Crippen molar-refractivity contribution in [2.24, 2.45) is 0 Å². The van der Waals surface area contributed by atoms with Gasteiger partial charge in [0.25, 0.3) is 0 Å². The zero-order valence-corrected chi connectivity index (χ0v) is 13.0. The standard InChI is InChI=1S/C18H26N2O/c1-2-21-13-5-12-20-14-15(10-11-19-16-8-9-16)17-6-3-4-7-18(17)20/h3-4,6-7,14,16,19H,2,5,8-13H2,1H3. The largest absolute Gasteiger partial charge is 0.382 e. The molecule has 0 saturated heterocycles. The van der Waals surface area contributed by atoms with Crippen molar-refractivity contribution in [3.05, 3.63) is 36.0 Å². The third kappa shape index (κ3) is 3.86. The molecule has 0 aliphatic heterocycles. The number of aryl methyl sites for hydroxylation is 1. The minimum absolute atomic E-state index is 0.796. The molecule has 0 spiro atoms. The highest BCUT2D eigenvalue weighted by Gasteiger charge is 2.19. The van der Waals surface area contributed by atoms with Crippen LogP contribution in [-0.4, -0.2) is 30.4 Å². The van der Waals surface area contributed by atoms with Crippen LogP contribution in [-0.2, 0) is 17.7 Å². The fourth-order valence-electron chi connectivity index (χ4n) is 2.89. The minimum atomic E-state index is 0.796. The minimum Gasteiger partial charge on any atom is -0.382 e. The van der Waals surface area contributed by atoms with Crippen LogP contribution in [0.25, 0.3) is 10.9 Å². The maximum atomic E-state index is 5.45. The first-order valence-electron chi connectivity index (χ1n) is 8.26. The van der Waals surface area contributed by atoms with Crippen LogP contribution < -0.4 is 5.32 Å². The topological polar surface area (TPSA) is 26.2 Å². The predicted octanol–water partition coefficient (Wildman–Crippen LogP) is 3.36. The van der Waals surface area contributed by atoms with Crippen LogP contribution in [0.1, 0.15) is 31.7 Å². The van der Waals surface area contributed by atoms with Crippen molar-refractivity contribution in [2.75, 3.05) is 19.8 Å². The number of para-hydroxylation sites is 1. The Balaban J connectivity index is 1.66. The van der Waals surface area contributed by atoms with E-state index in [-0.39, 0.29) is 0 Å². The van der Waals surface area contributed by atoms with Gasteiger partial charge in [0.05, 0.1) is 0 Å². The molecule has 0 bridgehead atoms. The third-order valence-corrected chi connectivity index (χ3v) is 4.17. The smallest absolute Gasteiger partial charge is 0.0483 e. The monoisotopic (exact) mass is 286 g/mol. The van der Waals surface area contributed by atoms with Gasteiger partial charge >= 0.3 is 0 Å². The van der Waals surface area contributed by atoms with Gasteiger partial charge in [-0.3, -0.25) is 0 Å². The van der Waals surface area contributed by atoms with E-state index in [9.17, 15) is 0 Å². The zero-order chi connectivity index (χ0) is 14.5. The molecule has 1 saturated carbocycles. The molecule has 0 atom stereocenters. The van der Waals surface area contributed by atoms with Gasteiger partial charge in [-0.2, -0.15) is 0 Å². The molecule has 1 fully saturated rings. The normalized spacial score (nSPS) is 14.9. The Morgan fingerprint density at radius 3 is 2.95 bits per heavy atom. The van der Waals surface area contributed by atoms with Gasteiger partial charge in [-0.25, -0.2) is 0 Å². The SMILES string of the molecule is CCOCCCn1cc(CCNC2CC2)c2ccccc21. The quantitative estimate of drug-likeness (QED) is 0.715. The lowest BCUT2D eigenvalue weighted by Crippen LogP contribution is -2.19. The number of hydrogen-bond donors (Lipinski definition) is 1. The van der Waals surface area contributed by atoms with E-state index in [4.69, 9.17) is 4.74 Å². The molecule has 3 rings (SSSR count). The van der Waals surface area contributed by atoms with Crippen LogP contribution >= 0.6 is 0 Å². The van der Waals surface area contributed by atoms with E-state index in [2.05, 4.69) is 47.3 Å². The number of ether oxygens (including phenoxy) is 1. The van der Waals surface area contributed by atoms with Crippen LogP contribution in [0.2, 0.25) is 0 Å². The second-order valence-electron chi connectivity index (χ2n) is 5.89. The summed E-state index contributed by atoms with van der Waals surface area (Å²) in [5, 5.41) is 5.02. The Kier molecular flexibility index (Phi) is 4.94. The molecule has 114 valence electrons. The summed E-state index contributed by atoms with van der Waals surface area (Å²) in [5.74, 6) is 0. The van der Waals surface area contributed by atoms with Gasteiger partial charge in [0.15, 0.2) is 0 Å². The Hall–Kier alpha value is -1.32. The molecule has 3 heteroatoms. The third-order valence-electron chi connectivity index (χ3n) is 4.17. The molecular weight excluding hydrogens is 260 g/mol. The first-order chi connectivity index (χ1) is 10.4. The molecule has 1 aliphatic carbocycles. The summed E-state index contributed by atoms with van der Waals surface area (Å²) >= 11 is 0. The summed E-state index contributed by atoms with van der Waals surface area (Å²) in [6, 6.07) is 9.55. The highest BCUT2D eigenvalue weighted by Crippen LogP contribution is 2.23. The van der Waals surface area contributed by atoms with E-state index in [1.54, 1.807) is 0 Å². The van der Waals surface area contributed by atoms with E-state index in [0.29, 0.717) is 0 Å². The summed E-state index contributed by atoms with van der Waals surface area (Å²) in [6.45, 7) is 5.84. The summed E-state index contributed by atoms with van der Waals surface area (Å²) in [7, 11) is 0. The van der Waals surface area contributed by atoms with E-state index in [1.165, 1.54) is 29.3 Å². The van der Waals surface area contributed by atoms with Crippen molar-refractivity contribution in [3.8, 4) is 0 Å². The van der Waals surface area contributed by atoms with Gasteiger partial charge in [-0.1, -0.05) is 18.2 Å². The van der Waals surface area contributed by atoms with Crippen LogP contribution in [0, 0.1) is 0 Å². The average Bonchev–Trinajstić information content (AvgIpc) is 3.27. The van der Waals surface area contributed by atoms with E-state index >= 15 is 0 Å². The highest BCUT2D eigenvalue weighted by atomic mass is 16.5. The van der Waals surface area contributed by atoms with Crippen molar-refractivity contribution in [3.63, 3.8) is 0 Å². The van der Waals surface area contributed by atoms with Gasteiger partial charge in [0.2, 0.25) is 0 Å². The van der Waals surface area contributed by atoms with E-state index in [0.717, 1.165) is 45.2 Å². The highest BCUT2D eigenvalue weighted by molar-refractivity contribution is 5.84. The van der Waals surface area contributed by atoms with Crippen molar-refractivity contribution >= 4 is 10.9 Å². The van der Waals surface area contributed by atoms with Gasteiger partial charge in [-0.15, -0.1) is 0 Å². The Morgan fingerprint density at radius 2 is 2.14 bits per heavy atom. The van der Waals surface area contributed by atoms with Crippen molar-refractivity contribution in [1.82, 2.24) is 9.88 Å². The van der Waals surface area contributed by atoms with Crippen LogP contribution in [0.3, 0.4) is 0 Å². The molecule has 0 radical (unpaired) electrons. The van der Waals surface area contributed by atoms with Crippen molar-refractivity contribution in [2.45, 2.75) is 45.2 Å². The van der Waals surface area contributed by atoms with Crippen LogP contribution in [0.5, 0.6) is 0 Å². The van der Waals surface area contributed by atoms with Crippen molar-refractivity contribution in [1.29, 1.82) is 0 Å². The number of fused-ring (bicyclic) bond motifs is 1. The van der Waals surface area contributed by atoms with E-state index in [1.807, 2.05) is 0 Å². The zero-order valence-electron chi connectivity index (χ0n) is 13.0. The van der Waals surface area contributed by atoms with Crippen LogP contribution in [0.4, 0.5) is 0 Å². The lowest BCUT2D eigenvalue weighted by Gasteiger charge is -2.05. The second-order valence-corrected chi connectivity index (χ2v) is 5.89. The second kappa shape index (κ2) is 7.10. The molecule has 0 unspecified atom stereocenters. The Morgan fingerprint density at radius 1 is 1.29 bits per heavy atom. The molecule has 3 nitrogen and oxygen atoms in total. The Labute approximate surface area is 127 Å². The summed E-state index contributed by atoms with van der Waals surface area (Å²) < 4.78 is 7.84. The molecule has 1 heterocycles. The maximum absolute atomic E-state index is 5.45.